The number of nitrogens with zero attached hydrogens (tertiary/aromatic N) is 1. The van der Waals surface area contributed by atoms with Gasteiger partial charge in [0.1, 0.15) is 10.6 Å². The van der Waals surface area contributed by atoms with Crippen LogP contribution >= 0.6 is 0 Å². The van der Waals surface area contributed by atoms with Crippen molar-refractivity contribution in [2.75, 3.05) is 18.4 Å². The van der Waals surface area contributed by atoms with E-state index < -0.39 is 16.0 Å². The zero-order chi connectivity index (χ0) is 22.9. The number of fused-ring (bicyclic) bond motifs is 1. The molecule has 1 aliphatic rings. The molecule has 0 bridgehead atoms. The van der Waals surface area contributed by atoms with Gasteiger partial charge < -0.3 is 15.2 Å². The van der Waals surface area contributed by atoms with Gasteiger partial charge in [-0.15, -0.1) is 0 Å². The van der Waals surface area contributed by atoms with Crippen LogP contribution in [0.25, 0.3) is 11.1 Å². The van der Waals surface area contributed by atoms with Crippen LogP contribution in [-0.4, -0.2) is 44.0 Å². The second kappa shape index (κ2) is 8.31. The zero-order valence-corrected chi connectivity index (χ0v) is 17.8. The highest BCUT2D eigenvalue weighted by Gasteiger charge is 2.23. The lowest BCUT2D eigenvalue weighted by Gasteiger charge is -2.17. The van der Waals surface area contributed by atoms with Crippen LogP contribution in [0, 0.1) is 0 Å². The van der Waals surface area contributed by atoms with E-state index in [0.717, 1.165) is 0 Å². The molecular weight excluding hydrogens is 434 g/mol. The summed E-state index contributed by atoms with van der Waals surface area (Å²) in [5.41, 5.74) is 2.42. The van der Waals surface area contributed by atoms with Crippen LogP contribution in [0.3, 0.4) is 0 Å². The Bertz CT molecular complexity index is 1320. The number of aromatic nitrogens is 1. The molecule has 1 aromatic heterocycles. The molecule has 0 unspecified atom stereocenters. The van der Waals surface area contributed by atoms with Crippen molar-refractivity contribution < 1.29 is 27.9 Å². The molecule has 1 amide bonds. The molecule has 4 rings (SSSR count). The molecule has 32 heavy (non-hydrogen) atoms. The monoisotopic (exact) mass is 453 g/mol. The van der Waals surface area contributed by atoms with E-state index in [9.17, 15) is 18.0 Å². The summed E-state index contributed by atoms with van der Waals surface area (Å²) in [6, 6.07) is 12.2. The van der Waals surface area contributed by atoms with Crippen molar-refractivity contribution in [1.82, 2.24) is 10.3 Å². The first kappa shape index (κ1) is 21.3. The number of rotatable bonds is 6. The number of aromatic carboxylic acids is 1. The number of hydrogen-bond donors (Lipinski definition) is 3. The smallest absolute Gasteiger partial charge is 0.335 e. The van der Waals surface area contributed by atoms with Crippen molar-refractivity contribution in [2.45, 2.75) is 11.3 Å². The number of anilines is 1. The van der Waals surface area contributed by atoms with Gasteiger partial charge in [0, 0.05) is 13.0 Å². The summed E-state index contributed by atoms with van der Waals surface area (Å²) >= 11 is 0. The Labute approximate surface area is 184 Å². The Hall–Kier alpha value is -3.92. The molecule has 0 saturated carbocycles. The molecule has 0 atom stereocenters. The third kappa shape index (κ3) is 4.12. The summed E-state index contributed by atoms with van der Waals surface area (Å²) in [7, 11) is -2.73. The number of carboxylic acid groups (broad SMARTS) is 1. The second-order valence-corrected chi connectivity index (χ2v) is 8.73. The van der Waals surface area contributed by atoms with Gasteiger partial charge in [-0.25, -0.2) is 13.2 Å². The van der Waals surface area contributed by atoms with Gasteiger partial charge in [-0.05, 0) is 41.5 Å². The SMILES string of the molecule is COc1ccc(-c2ccc(C(=O)O)cc2)cc1S(=O)(=O)Nc1cnc2c(c1)C(=O)NCC2. The van der Waals surface area contributed by atoms with Crippen LogP contribution < -0.4 is 14.8 Å². The van der Waals surface area contributed by atoms with Gasteiger partial charge in [0.25, 0.3) is 15.9 Å². The maximum Gasteiger partial charge on any atom is 0.335 e. The van der Waals surface area contributed by atoms with Gasteiger partial charge >= 0.3 is 5.97 Å². The molecule has 0 aliphatic carbocycles. The van der Waals surface area contributed by atoms with Crippen LogP contribution in [0.15, 0.2) is 59.6 Å². The third-order valence-corrected chi connectivity index (χ3v) is 6.44. The summed E-state index contributed by atoms with van der Waals surface area (Å²) in [6.45, 7) is 0.487. The van der Waals surface area contributed by atoms with Gasteiger partial charge in [0.2, 0.25) is 0 Å². The van der Waals surface area contributed by atoms with E-state index in [-0.39, 0.29) is 27.8 Å². The molecule has 10 heteroatoms. The number of carboxylic acids is 1. The number of hydrogen-bond acceptors (Lipinski definition) is 6. The minimum atomic E-state index is -4.09. The number of pyridine rings is 1. The number of carbonyl (C=O) groups is 2. The summed E-state index contributed by atoms with van der Waals surface area (Å²) in [6.07, 6.45) is 1.95. The predicted octanol–water partition coefficient (Wildman–Crippen LogP) is 2.54. The molecule has 3 aromatic rings. The van der Waals surface area contributed by atoms with Crippen molar-refractivity contribution in [3.63, 3.8) is 0 Å². The van der Waals surface area contributed by atoms with E-state index in [1.807, 2.05) is 0 Å². The van der Waals surface area contributed by atoms with Gasteiger partial charge in [-0.3, -0.25) is 14.5 Å². The number of methoxy groups -OCH3 is 1. The fourth-order valence-corrected chi connectivity index (χ4v) is 4.65. The van der Waals surface area contributed by atoms with Crippen molar-refractivity contribution in [1.29, 1.82) is 0 Å². The molecule has 0 spiro atoms. The maximum atomic E-state index is 13.2. The molecular formula is C22H19N3O6S. The lowest BCUT2D eigenvalue weighted by atomic mass is 10.0. The van der Waals surface area contributed by atoms with E-state index in [0.29, 0.717) is 35.3 Å². The van der Waals surface area contributed by atoms with Gasteiger partial charge in [0.15, 0.2) is 0 Å². The molecule has 2 aromatic carbocycles. The Morgan fingerprint density at radius 1 is 1.12 bits per heavy atom. The lowest BCUT2D eigenvalue weighted by Crippen LogP contribution is -2.32. The first-order valence-electron chi connectivity index (χ1n) is 9.60. The highest BCUT2D eigenvalue weighted by molar-refractivity contribution is 7.92. The van der Waals surface area contributed by atoms with Gasteiger partial charge in [-0.2, -0.15) is 0 Å². The number of sulfonamides is 1. The maximum absolute atomic E-state index is 13.2. The Kier molecular flexibility index (Phi) is 5.54. The van der Waals surface area contributed by atoms with E-state index in [1.54, 1.807) is 18.2 Å². The molecule has 1 aliphatic heterocycles. The molecule has 9 nitrogen and oxygen atoms in total. The van der Waals surface area contributed by atoms with Crippen molar-refractivity contribution in [3.8, 4) is 16.9 Å². The molecule has 3 N–H and O–H groups in total. The Balaban J connectivity index is 1.70. The van der Waals surface area contributed by atoms with Crippen LogP contribution in [0.1, 0.15) is 26.4 Å². The highest BCUT2D eigenvalue weighted by Crippen LogP contribution is 2.31. The van der Waals surface area contributed by atoms with E-state index >= 15 is 0 Å². The molecule has 2 heterocycles. The third-order valence-electron chi connectivity index (χ3n) is 5.03. The molecule has 0 fully saturated rings. The summed E-state index contributed by atoms with van der Waals surface area (Å²) in [5.74, 6) is -1.22. The van der Waals surface area contributed by atoms with E-state index in [4.69, 9.17) is 9.84 Å². The topological polar surface area (TPSA) is 135 Å². The van der Waals surface area contributed by atoms with Crippen LogP contribution in [0.5, 0.6) is 5.75 Å². The number of nitrogens with one attached hydrogen (secondary N) is 2. The Morgan fingerprint density at radius 2 is 1.84 bits per heavy atom. The van der Waals surface area contributed by atoms with Crippen molar-refractivity contribution in [3.05, 3.63) is 71.5 Å². The minimum absolute atomic E-state index is 0.109. The fourth-order valence-electron chi connectivity index (χ4n) is 3.42. The fraction of sp³-hybridized carbons (Fsp3) is 0.136. The molecule has 0 radical (unpaired) electrons. The largest absolute Gasteiger partial charge is 0.495 e. The van der Waals surface area contributed by atoms with E-state index in [2.05, 4.69) is 15.0 Å². The summed E-state index contributed by atoms with van der Waals surface area (Å²) in [5, 5.41) is 11.8. The van der Waals surface area contributed by atoms with Crippen LogP contribution in [-0.2, 0) is 16.4 Å². The van der Waals surface area contributed by atoms with Crippen molar-refractivity contribution >= 4 is 27.6 Å². The van der Waals surface area contributed by atoms with E-state index in [1.165, 1.54) is 43.6 Å². The Morgan fingerprint density at radius 3 is 2.53 bits per heavy atom. The highest BCUT2D eigenvalue weighted by atomic mass is 32.2. The van der Waals surface area contributed by atoms with Crippen LogP contribution in [0.2, 0.25) is 0 Å². The predicted molar refractivity (Wildman–Crippen MR) is 116 cm³/mol. The van der Waals surface area contributed by atoms with Gasteiger partial charge in [0.05, 0.1) is 35.8 Å². The number of carbonyl (C=O) groups excluding carboxylic acids is 1. The normalized spacial score (nSPS) is 13.1. The standard InChI is InChI=1S/C22H19N3O6S/c1-31-19-7-6-15(13-2-4-14(5-3-13)22(27)28)10-20(19)32(29,30)25-16-11-17-18(24-12-16)8-9-23-21(17)26/h2-7,10-12,25H,8-9H2,1H3,(H,23,26)(H,27,28). The minimum Gasteiger partial charge on any atom is -0.495 e. The van der Waals surface area contributed by atoms with Crippen LogP contribution in [0.4, 0.5) is 5.69 Å². The number of benzene rings is 2. The first-order valence-corrected chi connectivity index (χ1v) is 11.1. The summed E-state index contributed by atoms with van der Waals surface area (Å²) < 4.78 is 34.0. The second-order valence-electron chi connectivity index (χ2n) is 7.08. The quantitative estimate of drug-likeness (QED) is 0.522. The average molecular weight is 453 g/mol. The molecule has 164 valence electrons. The summed E-state index contributed by atoms with van der Waals surface area (Å²) in [4.78, 5) is 27.2. The van der Waals surface area contributed by atoms with Gasteiger partial charge in [-0.1, -0.05) is 18.2 Å². The lowest BCUT2D eigenvalue weighted by molar-refractivity contribution is 0.0696. The number of amides is 1. The van der Waals surface area contributed by atoms with Crippen molar-refractivity contribution in [2.24, 2.45) is 0 Å². The first-order chi connectivity index (χ1) is 15.3. The average Bonchev–Trinajstić information content (AvgIpc) is 2.79. The molecule has 0 saturated heterocycles. The number of ether oxygens (including phenoxy) is 1. The zero-order valence-electron chi connectivity index (χ0n) is 17.0.